The van der Waals surface area contributed by atoms with Crippen molar-refractivity contribution in [2.75, 3.05) is 6.61 Å². The zero-order valence-corrected chi connectivity index (χ0v) is 10.0. The summed E-state index contributed by atoms with van der Waals surface area (Å²) in [7, 11) is 0. The molecular weight excluding hydrogens is 260 g/mol. The molecule has 0 bridgehead atoms. The molecule has 1 rings (SSSR count). The molecule has 1 N–H and O–H groups in total. The summed E-state index contributed by atoms with van der Waals surface area (Å²) in [5, 5.41) is 18.1. The van der Waals surface area contributed by atoms with Gasteiger partial charge in [0, 0.05) is 5.56 Å². The highest BCUT2D eigenvalue weighted by Crippen LogP contribution is 2.28. The number of aliphatic hydroxyl groups is 1. The zero-order chi connectivity index (χ0) is 14.4. The number of nitriles is 1. The first-order valence-corrected chi connectivity index (χ1v) is 5.33. The van der Waals surface area contributed by atoms with Crippen molar-refractivity contribution in [1.82, 2.24) is 0 Å². The van der Waals surface area contributed by atoms with Crippen molar-refractivity contribution in [1.29, 1.82) is 5.26 Å². The van der Waals surface area contributed by atoms with E-state index in [1.165, 1.54) is 13.0 Å². The van der Waals surface area contributed by atoms with Crippen molar-refractivity contribution >= 4 is 5.97 Å². The first-order valence-electron chi connectivity index (χ1n) is 5.33. The van der Waals surface area contributed by atoms with Crippen molar-refractivity contribution in [3.63, 3.8) is 0 Å². The van der Waals surface area contributed by atoms with Crippen LogP contribution < -0.4 is 4.74 Å². The van der Waals surface area contributed by atoms with Crippen LogP contribution in [0.25, 0.3) is 0 Å². The Morgan fingerprint density at radius 1 is 1.53 bits per heavy atom. The second-order valence-corrected chi connectivity index (χ2v) is 3.33. The number of carbonyl (C=O) groups is 1. The summed E-state index contributed by atoms with van der Waals surface area (Å²) in [5.41, 5.74) is -0.463. The van der Waals surface area contributed by atoms with Crippen molar-refractivity contribution in [3.8, 4) is 11.8 Å². The van der Waals surface area contributed by atoms with Crippen LogP contribution >= 0.6 is 0 Å². The molecule has 0 aliphatic rings. The molecule has 7 heteroatoms. The summed E-state index contributed by atoms with van der Waals surface area (Å²) in [4.78, 5) is 11.7. The number of rotatable bonds is 5. The molecule has 0 aliphatic carbocycles. The number of carbonyl (C=O) groups excluding carboxylic acids is 1. The lowest BCUT2D eigenvalue weighted by Crippen LogP contribution is -2.14. The summed E-state index contributed by atoms with van der Waals surface area (Å²) < 4.78 is 33.4. The number of hydrogen-bond donors (Lipinski definition) is 1. The van der Waals surface area contributed by atoms with Gasteiger partial charge >= 0.3 is 12.6 Å². The smallest absolute Gasteiger partial charge is 0.387 e. The van der Waals surface area contributed by atoms with Gasteiger partial charge in [-0.3, -0.25) is 0 Å². The Morgan fingerprint density at radius 3 is 2.68 bits per heavy atom. The third-order valence-electron chi connectivity index (χ3n) is 2.25. The lowest BCUT2D eigenvalue weighted by Gasteiger charge is -2.14. The SMILES string of the molecule is CCOC(=O)c1c(OC(F)F)ccc(C#N)c1CO. The average Bonchev–Trinajstić information content (AvgIpc) is 2.37. The summed E-state index contributed by atoms with van der Waals surface area (Å²) in [6, 6.07) is 4.01. The number of esters is 1. The number of ether oxygens (including phenoxy) is 2. The molecule has 1 aromatic carbocycles. The lowest BCUT2D eigenvalue weighted by molar-refractivity contribution is -0.0505. The summed E-state index contributed by atoms with van der Waals surface area (Å²) in [6.45, 7) is -2.24. The van der Waals surface area contributed by atoms with Crippen molar-refractivity contribution < 1.29 is 28.2 Å². The molecule has 0 saturated heterocycles. The molecule has 102 valence electrons. The highest BCUT2D eigenvalue weighted by atomic mass is 19.3. The highest BCUT2D eigenvalue weighted by molar-refractivity contribution is 5.95. The van der Waals surface area contributed by atoms with Crippen molar-refractivity contribution in [2.45, 2.75) is 20.1 Å². The maximum Gasteiger partial charge on any atom is 0.387 e. The summed E-state index contributed by atoms with van der Waals surface area (Å²) in [6.07, 6.45) is 0. The average molecular weight is 271 g/mol. The fourth-order valence-electron chi connectivity index (χ4n) is 1.52. The van der Waals surface area contributed by atoms with Gasteiger partial charge in [-0.25, -0.2) is 4.79 Å². The number of alkyl halides is 2. The number of aliphatic hydroxyl groups excluding tert-OH is 1. The van der Waals surface area contributed by atoms with Crippen LogP contribution in [0.4, 0.5) is 8.78 Å². The van der Waals surface area contributed by atoms with Gasteiger partial charge in [0.05, 0.1) is 24.8 Å². The standard InChI is InChI=1S/C12H11F2NO4/c1-2-18-11(17)10-8(6-16)7(5-15)3-4-9(10)19-12(13)14/h3-4,12,16H,2,6H2,1H3. The second kappa shape index (κ2) is 6.66. The quantitative estimate of drug-likeness (QED) is 0.826. The molecule has 0 unspecified atom stereocenters. The first-order chi connectivity index (χ1) is 9.04. The minimum Gasteiger partial charge on any atom is -0.462 e. The van der Waals surface area contributed by atoms with E-state index in [4.69, 9.17) is 10.00 Å². The molecule has 0 radical (unpaired) electrons. The van der Waals surface area contributed by atoms with Crippen LogP contribution in [0.15, 0.2) is 12.1 Å². The summed E-state index contributed by atoms with van der Waals surface area (Å²) in [5.74, 6) is -1.36. The Kier molecular flexibility index (Phi) is 5.21. The molecule has 0 amide bonds. The Bertz CT molecular complexity index is 511. The molecule has 1 aromatic rings. The van der Waals surface area contributed by atoms with Crippen LogP contribution in [0, 0.1) is 11.3 Å². The monoisotopic (exact) mass is 271 g/mol. The summed E-state index contributed by atoms with van der Waals surface area (Å²) >= 11 is 0. The van der Waals surface area contributed by atoms with Crippen LogP contribution in [0.3, 0.4) is 0 Å². The predicted octanol–water partition coefficient (Wildman–Crippen LogP) is 1.83. The normalized spacial score (nSPS) is 10.1. The second-order valence-electron chi connectivity index (χ2n) is 3.33. The van der Waals surface area contributed by atoms with Crippen LogP contribution in [0.2, 0.25) is 0 Å². The van der Waals surface area contributed by atoms with E-state index in [9.17, 15) is 18.7 Å². The Morgan fingerprint density at radius 2 is 2.21 bits per heavy atom. The van der Waals surface area contributed by atoms with Crippen molar-refractivity contribution in [2.24, 2.45) is 0 Å². The largest absolute Gasteiger partial charge is 0.462 e. The minimum atomic E-state index is -3.13. The highest BCUT2D eigenvalue weighted by Gasteiger charge is 2.23. The van der Waals surface area contributed by atoms with E-state index in [-0.39, 0.29) is 23.3 Å². The molecule has 5 nitrogen and oxygen atoms in total. The van der Waals surface area contributed by atoms with E-state index in [1.807, 2.05) is 0 Å². The topological polar surface area (TPSA) is 79.5 Å². The van der Waals surface area contributed by atoms with Gasteiger partial charge in [-0.1, -0.05) is 0 Å². The predicted molar refractivity (Wildman–Crippen MR) is 59.7 cm³/mol. The lowest BCUT2D eigenvalue weighted by atomic mass is 10.0. The minimum absolute atomic E-state index is 0.00725. The first kappa shape index (κ1) is 14.9. The molecule has 0 saturated carbocycles. The van der Waals surface area contributed by atoms with E-state index < -0.39 is 24.9 Å². The Balaban J connectivity index is 3.40. The van der Waals surface area contributed by atoms with Gasteiger partial charge in [0.2, 0.25) is 0 Å². The third-order valence-corrected chi connectivity index (χ3v) is 2.25. The zero-order valence-electron chi connectivity index (χ0n) is 10.0. The van der Waals surface area contributed by atoms with E-state index in [2.05, 4.69) is 4.74 Å². The van der Waals surface area contributed by atoms with E-state index in [0.717, 1.165) is 6.07 Å². The number of hydrogen-bond acceptors (Lipinski definition) is 5. The van der Waals surface area contributed by atoms with Gasteiger partial charge in [-0.15, -0.1) is 0 Å². The number of benzene rings is 1. The van der Waals surface area contributed by atoms with Crippen LogP contribution in [-0.4, -0.2) is 24.3 Å². The molecule has 19 heavy (non-hydrogen) atoms. The van der Waals surface area contributed by atoms with E-state index in [1.54, 1.807) is 6.07 Å². The number of halogens is 2. The van der Waals surface area contributed by atoms with Gasteiger partial charge in [-0.05, 0) is 19.1 Å². The molecule has 0 fully saturated rings. The molecule has 0 heterocycles. The molecular formula is C12H11F2NO4. The fraction of sp³-hybridized carbons (Fsp3) is 0.333. The van der Waals surface area contributed by atoms with Gasteiger partial charge in [0.15, 0.2) is 0 Å². The van der Waals surface area contributed by atoms with Gasteiger partial charge in [0.25, 0.3) is 0 Å². The Hall–Kier alpha value is -2.20. The fourth-order valence-corrected chi connectivity index (χ4v) is 1.52. The van der Waals surface area contributed by atoms with E-state index >= 15 is 0 Å². The maximum atomic E-state index is 12.3. The van der Waals surface area contributed by atoms with Crippen LogP contribution in [-0.2, 0) is 11.3 Å². The molecule has 0 aromatic heterocycles. The van der Waals surface area contributed by atoms with E-state index in [0.29, 0.717) is 0 Å². The van der Waals surface area contributed by atoms with Crippen LogP contribution in [0.1, 0.15) is 28.4 Å². The molecule has 0 atom stereocenters. The maximum absolute atomic E-state index is 12.3. The van der Waals surface area contributed by atoms with Crippen LogP contribution in [0.5, 0.6) is 5.75 Å². The van der Waals surface area contributed by atoms with Crippen molar-refractivity contribution in [3.05, 3.63) is 28.8 Å². The van der Waals surface area contributed by atoms with Gasteiger partial charge in [-0.2, -0.15) is 14.0 Å². The van der Waals surface area contributed by atoms with Gasteiger partial charge in [0.1, 0.15) is 11.3 Å². The van der Waals surface area contributed by atoms with Gasteiger partial charge < -0.3 is 14.6 Å². The Labute approximate surface area is 108 Å². The third kappa shape index (κ3) is 3.39. The number of nitrogens with zero attached hydrogens (tertiary/aromatic N) is 1. The molecule has 0 aliphatic heterocycles. The molecule has 0 spiro atoms.